The Morgan fingerprint density at radius 3 is 2.80 bits per heavy atom. The first kappa shape index (κ1) is 11.7. The summed E-state index contributed by atoms with van der Waals surface area (Å²) in [5.41, 5.74) is -0.434. The van der Waals surface area contributed by atoms with Crippen LogP contribution < -0.4 is 11.1 Å². The zero-order valence-electron chi connectivity index (χ0n) is 9.19. The highest BCUT2D eigenvalue weighted by molar-refractivity contribution is 4.85. The summed E-state index contributed by atoms with van der Waals surface area (Å²) in [5, 5.41) is 2.49. The van der Waals surface area contributed by atoms with Crippen molar-refractivity contribution in [3.05, 3.63) is 32.8 Å². The molecular weight excluding hydrogens is 194 g/mol. The van der Waals surface area contributed by atoms with Crippen LogP contribution in [0.2, 0.25) is 0 Å². The molecule has 0 radical (unpaired) electrons. The molecule has 1 heterocycles. The van der Waals surface area contributed by atoms with Crippen LogP contribution in [0.5, 0.6) is 0 Å². The van der Waals surface area contributed by atoms with E-state index in [-0.39, 0.29) is 11.1 Å². The van der Waals surface area contributed by atoms with Crippen molar-refractivity contribution < 1.29 is 0 Å². The number of hydrogen-bond acceptors (Lipinski definition) is 3. The molecule has 0 aromatic carbocycles. The first-order chi connectivity index (χ1) is 7.13. The molecule has 0 spiro atoms. The summed E-state index contributed by atoms with van der Waals surface area (Å²) in [6.45, 7) is 3.46. The highest BCUT2D eigenvalue weighted by Gasteiger charge is 2.00. The first-order valence-corrected chi connectivity index (χ1v) is 5.12. The van der Waals surface area contributed by atoms with Crippen molar-refractivity contribution in [2.45, 2.75) is 26.4 Å². The van der Waals surface area contributed by atoms with Crippen LogP contribution in [-0.2, 0) is 6.67 Å². The van der Waals surface area contributed by atoms with Gasteiger partial charge >= 0.3 is 0 Å². The van der Waals surface area contributed by atoms with Crippen molar-refractivity contribution in [3.63, 3.8) is 0 Å². The van der Waals surface area contributed by atoms with Gasteiger partial charge in [-0.15, -0.1) is 0 Å². The second kappa shape index (κ2) is 5.50. The van der Waals surface area contributed by atoms with E-state index >= 15 is 0 Å². The van der Waals surface area contributed by atoms with Gasteiger partial charge in [0, 0.05) is 12.1 Å². The van der Waals surface area contributed by atoms with Crippen molar-refractivity contribution in [2.75, 3.05) is 13.6 Å². The molecule has 0 amide bonds. The quantitative estimate of drug-likeness (QED) is 0.758. The topological polar surface area (TPSA) is 58.1 Å². The van der Waals surface area contributed by atoms with E-state index in [0.717, 1.165) is 19.4 Å². The fourth-order valence-electron chi connectivity index (χ4n) is 1.31. The molecule has 0 aliphatic carbocycles. The lowest BCUT2D eigenvalue weighted by Crippen LogP contribution is -2.34. The van der Waals surface area contributed by atoms with E-state index in [4.69, 9.17) is 0 Å². The molecule has 0 saturated carbocycles. The maximum atomic E-state index is 11.3. The lowest BCUT2D eigenvalue weighted by Gasteiger charge is -2.16. The number of unbranched alkanes of at least 4 members (excludes halogenated alkanes) is 1. The molecule has 5 heteroatoms. The number of H-pyrrole nitrogens is 1. The smallest absolute Gasteiger partial charge is 0.266 e. The maximum absolute atomic E-state index is 11.3. The fraction of sp³-hybridized carbons (Fsp3) is 0.600. The molecule has 0 fully saturated rings. The zero-order valence-corrected chi connectivity index (χ0v) is 9.19. The number of nitrogens with zero attached hydrogens (tertiary/aromatic N) is 2. The van der Waals surface area contributed by atoms with Crippen LogP contribution in [-0.4, -0.2) is 28.3 Å². The maximum Gasteiger partial charge on any atom is 0.266 e. The lowest BCUT2D eigenvalue weighted by molar-refractivity contribution is 0.243. The van der Waals surface area contributed by atoms with Crippen molar-refractivity contribution in [3.8, 4) is 0 Å². The van der Waals surface area contributed by atoms with Crippen LogP contribution in [0.3, 0.4) is 0 Å². The molecule has 0 aliphatic rings. The normalized spacial score (nSPS) is 10.9. The van der Waals surface area contributed by atoms with Crippen molar-refractivity contribution in [2.24, 2.45) is 0 Å². The Balaban J connectivity index is 2.67. The van der Waals surface area contributed by atoms with Gasteiger partial charge in [-0.3, -0.25) is 19.6 Å². The van der Waals surface area contributed by atoms with Crippen molar-refractivity contribution in [1.82, 2.24) is 14.7 Å². The molecule has 1 aromatic heterocycles. The third kappa shape index (κ3) is 3.71. The predicted molar refractivity (Wildman–Crippen MR) is 58.9 cm³/mol. The Kier molecular flexibility index (Phi) is 4.30. The Hall–Kier alpha value is -1.36. The molecule has 0 saturated heterocycles. The van der Waals surface area contributed by atoms with Gasteiger partial charge in [0.1, 0.15) is 0 Å². The summed E-state index contributed by atoms with van der Waals surface area (Å²) in [4.78, 5) is 24.4. The second-order valence-corrected chi connectivity index (χ2v) is 3.65. The summed E-state index contributed by atoms with van der Waals surface area (Å²) in [5.74, 6) is 0. The highest BCUT2D eigenvalue weighted by atomic mass is 16.1. The van der Waals surface area contributed by atoms with Gasteiger partial charge in [-0.2, -0.15) is 0 Å². The van der Waals surface area contributed by atoms with Gasteiger partial charge in [-0.1, -0.05) is 13.3 Å². The van der Waals surface area contributed by atoms with E-state index in [1.807, 2.05) is 11.9 Å². The molecular formula is C10H17N3O2. The minimum atomic E-state index is -0.251. The summed E-state index contributed by atoms with van der Waals surface area (Å²) in [6.07, 6.45) is 2.20. The summed E-state index contributed by atoms with van der Waals surface area (Å²) in [7, 11) is 1.92. The molecule has 0 unspecified atom stereocenters. The third-order valence-corrected chi connectivity index (χ3v) is 2.16. The van der Waals surface area contributed by atoms with E-state index in [2.05, 4.69) is 12.0 Å². The van der Waals surface area contributed by atoms with Crippen molar-refractivity contribution in [1.29, 1.82) is 0 Å². The number of hydrogen-bond donors (Lipinski definition) is 1. The molecule has 0 bridgehead atoms. The number of aromatic amines is 1. The van der Waals surface area contributed by atoms with Gasteiger partial charge in [0.15, 0.2) is 0 Å². The summed E-state index contributed by atoms with van der Waals surface area (Å²) in [6, 6.07) is 2.53. The third-order valence-electron chi connectivity index (χ3n) is 2.16. The SMILES string of the molecule is CCCCN(C)Cn1[nH]c(=O)ccc1=O. The van der Waals surface area contributed by atoms with E-state index in [0.29, 0.717) is 6.67 Å². The molecule has 1 rings (SSSR count). The summed E-state index contributed by atoms with van der Waals surface area (Å²) < 4.78 is 1.32. The zero-order chi connectivity index (χ0) is 11.3. The largest absolute Gasteiger partial charge is 0.287 e. The molecule has 15 heavy (non-hydrogen) atoms. The van der Waals surface area contributed by atoms with E-state index in [1.54, 1.807) is 0 Å². The van der Waals surface area contributed by atoms with Gasteiger partial charge < -0.3 is 0 Å². The molecule has 0 atom stereocenters. The molecule has 1 aromatic rings. The monoisotopic (exact) mass is 211 g/mol. The molecule has 1 N–H and O–H groups in total. The van der Waals surface area contributed by atoms with Crippen LogP contribution in [0.25, 0.3) is 0 Å². The molecule has 0 aliphatic heterocycles. The predicted octanol–water partition coefficient (Wildman–Crippen LogP) is 0.226. The van der Waals surface area contributed by atoms with Crippen LogP contribution >= 0.6 is 0 Å². The Labute approximate surface area is 88.3 Å². The van der Waals surface area contributed by atoms with Gasteiger partial charge in [-0.05, 0) is 20.0 Å². The number of rotatable bonds is 5. The Morgan fingerprint density at radius 1 is 1.40 bits per heavy atom. The minimum Gasteiger partial charge on any atom is -0.287 e. The lowest BCUT2D eigenvalue weighted by atomic mass is 10.3. The van der Waals surface area contributed by atoms with E-state index < -0.39 is 0 Å². The second-order valence-electron chi connectivity index (χ2n) is 3.65. The number of aromatic nitrogens is 2. The molecule has 5 nitrogen and oxygen atoms in total. The first-order valence-electron chi connectivity index (χ1n) is 5.12. The highest BCUT2D eigenvalue weighted by Crippen LogP contribution is 1.91. The van der Waals surface area contributed by atoms with Crippen LogP contribution in [0.1, 0.15) is 19.8 Å². The Morgan fingerprint density at radius 2 is 2.13 bits per heavy atom. The summed E-state index contributed by atoms with van der Waals surface area (Å²) >= 11 is 0. The van der Waals surface area contributed by atoms with Crippen LogP contribution in [0.15, 0.2) is 21.7 Å². The van der Waals surface area contributed by atoms with Gasteiger partial charge in [-0.25, -0.2) is 4.68 Å². The Bertz CT molecular complexity index is 408. The minimum absolute atomic E-state index is 0.182. The van der Waals surface area contributed by atoms with Gasteiger partial charge in [0.25, 0.3) is 11.1 Å². The number of nitrogens with one attached hydrogen (secondary N) is 1. The van der Waals surface area contributed by atoms with Gasteiger partial charge in [0.2, 0.25) is 0 Å². The van der Waals surface area contributed by atoms with E-state index in [1.165, 1.54) is 16.8 Å². The van der Waals surface area contributed by atoms with E-state index in [9.17, 15) is 9.59 Å². The van der Waals surface area contributed by atoms with Crippen LogP contribution in [0, 0.1) is 0 Å². The van der Waals surface area contributed by atoms with Crippen molar-refractivity contribution >= 4 is 0 Å². The van der Waals surface area contributed by atoms with Crippen LogP contribution in [0.4, 0.5) is 0 Å². The van der Waals surface area contributed by atoms with Gasteiger partial charge in [0.05, 0.1) is 6.67 Å². The average Bonchev–Trinajstić information content (AvgIpc) is 2.20. The fourth-order valence-corrected chi connectivity index (χ4v) is 1.31. The standard InChI is InChI=1S/C10H17N3O2/c1-3-4-7-12(2)8-13-10(15)6-5-9(14)11-13/h5-6H,3-4,7-8H2,1-2H3,(H,11,14). The average molecular weight is 211 g/mol. The molecule has 84 valence electrons.